The van der Waals surface area contributed by atoms with Crippen molar-refractivity contribution >= 4 is 5.69 Å². The van der Waals surface area contributed by atoms with Gasteiger partial charge in [0.2, 0.25) is 0 Å². The molecule has 0 fully saturated rings. The fourth-order valence-corrected chi connectivity index (χ4v) is 2.22. The molecule has 130 valence electrons. The monoisotopic (exact) mass is 338 g/mol. The predicted octanol–water partition coefficient (Wildman–Crippen LogP) is 4.13. The normalized spacial score (nSPS) is 10.8. The van der Waals surface area contributed by atoms with Crippen LogP contribution in [0, 0.1) is 11.3 Å². The molecule has 0 aliphatic carbocycles. The lowest BCUT2D eigenvalue weighted by molar-refractivity contribution is 0.0487. The zero-order chi connectivity index (χ0) is 17.9. The summed E-state index contributed by atoms with van der Waals surface area (Å²) in [4.78, 5) is 0. The van der Waals surface area contributed by atoms with Crippen LogP contribution in [-0.2, 0) is 11.2 Å². The van der Waals surface area contributed by atoms with Crippen LogP contribution in [0.1, 0.15) is 12.5 Å². The van der Waals surface area contributed by atoms with Gasteiger partial charge in [0.15, 0.2) is 18.3 Å². The third kappa shape index (κ3) is 5.87. The van der Waals surface area contributed by atoms with Crippen LogP contribution in [0.4, 0.5) is 5.69 Å². The van der Waals surface area contributed by atoms with Gasteiger partial charge in [-0.1, -0.05) is 24.3 Å². The summed E-state index contributed by atoms with van der Waals surface area (Å²) in [7, 11) is 1.57. The molecule has 0 amide bonds. The van der Waals surface area contributed by atoms with E-state index in [4.69, 9.17) is 14.2 Å². The number of nitrogens with zero attached hydrogens (tertiary/aromatic N) is 1. The number of methoxy groups -OCH3 is 1. The molecular weight excluding hydrogens is 316 g/mol. The summed E-state index contributed by atoms with van der Waals surface area (Å²) in [6.45, 7) is 2.60. The lowest BCUT2D eigenvalue weighted by Gasteiger charge is -2.12. The van der Waals surface area contributed by atoms with E-state index < -0.39 is 0 Å². The zero-order valence-corrected chi connectivity index (χ0v) is 14.5. The quantitative estimate of drug-likeness (QED) is 0.550. The minimum absolute atomic E-state index is 0.157. The maximum absolute atomic E-state index is 9.38. The summed E-state index contributed by atoms with van der Waals surface area (Å²) in [6, 6.07) is 17.6. The molecular formula is C20H22N2O3. The third-order valence-corrected chi connectivity index (χ3v) is 3.37. The van der Waals surface area contributed by atoms with Gasteiger partial charge < -0.3 is 19.5 Å². The van der Waals surface area contributed by atoms with Gasteiger partial charge in [-0.15, -0.1) is 0 Å². The predicted molar refractivity (Wildman–Crippen MR) is 97.6 cm³/mol. The van der Waals surface area contributed by atoms with E-state index in [1.165, 1.54) is 0 Å². The Balaban J connectivity index is 2.11. The average Bonchev–Trinajstić information content (AvgIpc) is 2.65. The topological polar surface area (TPSA) is 63.5 Å². The number of nitriles is 1. The maximum atomic E-state index is 9.38. The molecule has 0 bridgehead atoms. The first-order valence-corrected chi connectivity index (χ1v) is 8.05. The van der Waals surface area contributed by atoms with E-state index in [1.807, 2.05) is 55.5 Å². The van der Waals surface area contributed by atoms with Crippen LogP contribution < -0.4 is 14.8 Å². The molecule has 0 aromatic heterocycles. The first-order valence-electron chi connectivity index (χ1n) is 8.05. The standard InChI is InChI=1S/C20H22N2O3/c1-3-24-20-12-16(9-10-19(20)25-15-23-2)11-17(13-21)14-22-18-7-5-4-6-8-18/h4-10,12,14,22H,3,11,15H2,1-2H3/b17-14-. The van der Waals surface area contributed by atoms with Crippen molar-refractivity contribution in [1.29, 1.82) is 5.26 Å². The number of hydrogen-bond donors (Lipinski definition) is 1. The lowest BCUT2D eigenvalue weighted by Crippen LogP contribution is -2.03. The molecule has 0 spiro atoms. The van der Waals surface area contributed by atoms with Gasteiger partial charge in [-0.3, -0.25) is 0 Å². The molecule has 2 rings (SSSR count). The molecule has 0 heterocycles. The molecule has 5 heteroatoms. The van der Waals surface area contributed by atoms with Crippen LogP contribution in [-0.4, -0.2) is 20.5 Å². The molecule has 0 aliphatic rings. The SMILES string of the molecule is CCOc1cc(C/C(C#N)=C/Nc2ccccc2)ccc1OCOC. The summed E-state index contributed by atoms with van der Waals surface area (Å²) in [6.07, 6.45) is 2.23. The molecule has 0 radical (unpaired) electrons. The molecule has 2 aromatic rings. The fourth-order valence-electron chi connectivity index (χ4n) is 2.22. The molecule has 25 heavy (non-hydrogen) atoms. The lowest BCUT2D eigenvalue weighted by atomic mass is 10.1. The number of hydrogen-bond acceptors (Lipinski definition) is 5. The number of anilines is 1. The number of benzene rings is 2. The van der Waals surface area contributed by atoms with Gasteiger partial charge in [-0.2, -0.15) is 5.26 Å². The maximum Gasteiger partial charge on any atom is 0.188 e. The Morgan fingerprint density at radius 3 is 2.60 bits per heavy atom. The van der Waals surface area contributed by atoms with Crippen molar-refractivity contribution in [2.24, 2.45) is 0 Å². The Morgan fingerprint density at radius 1 is 1.12 bits per heavy atom. The van der Waals surface area contributed by atoms with Crippen molar-refractivity contribution in [2.75, 3.05) is 25.8 Å². The van der Waals surface area contributed by atoms with E-state index >= 15 is 0 Å². The molecule has 0 unspecified atom stereocenters. The van der Waals surface area contributed by atoms with Crippen molar-refractivity contribution in [3.8, 4) is 17.6 Å². The minimum Gasteiger partial charge on any atom is -0.490 e. The zero-order valence-electron chi connectivity index (χ0n) is 14.5. The van der Waals surface area contributed by atoms with Crippen LogP contribution in [0.2, 0.25) is 0 Å². The van der Waals surface area contributed by atoms with Crippen LogP contribution in [0.15, 0.2) is 60.3 Å². The van der Waals surface area contributed by atoms with Crippen molar-refractivity contribution in [3.63, 3.8) is 0 Å². The summed E-state index contributed by atoms with van der Waals surface area (Å²) in [5, 5.41) is 12.5. The second-order valence-corrected chi connectivity index (χ2v) is 5.23. The number of ether oxygens (including phenoxy) is 3. The highest BCUT2D eigenvalue weighted by Gasteiger charge is 2.08. The Bertz CT molecular complexity index is 736. The first kappa shape index (κ1) is 18.4. The van der Waals surface area contributed by atoms with Crippen molar-refractivity contribution in [1.82, 2.24) is 0 Å². The highest BCUT2D eigenvalue weighted by Crippen LogP contribution is 2.29. The number of nitrogens with one attached hydrogen (secondary N) is 1. The number of para-hydroxylation sites is 1. The molecule has 5 nitrogen and oxygen atoms in total. The summed E-state index contributed by atoms with van der Waals surface area (Å²) in [5.74, 6) is 1.27. The molecule has 0 aliphatic heterocycles. The molecule has 0 saturated heterocycles. The second kappa shape index (κ2) is 10.0. The van der Waals surface area contributed by atoms with Gasteiger partial charge in [0.05, 0.1) is 12.7 Å². The van der Waals surface area contributed by atoms with Crippen molar-refractivity contribution < 1.29 is 14.2 Å². The van der Waals surface area contributed by atoms with Gasteiger partial charge in [-0.05, 0) is 36.8 Å². The minimum atomic E-state index is 0.157. The number of rotatable bonds is 9. The fraction of sp³-hybridized carbons (Fsp3) is 0.250. The molecule has 2 aromatic carbocycles. The third-order valence-electron chi connectivity index (χ3n) is 3.37. The molecule has 1 N–H and O–H groups in total. The van der Waals surface area contributed by atoms with E-state index in [-0.39, 0.29) is 6.79 Å². The van der Waals surface area contributed by atoms with Gasteiger partial charge in [0.25, 0.3) is 0 Å². The summed E-state index contributed by atoms with van der Waals surface area (Å²) in [5.41, 5.74) is 2.53. The Hall–Kier alpha value is -2.97. The Morgan fingerprint density at radius 2 is 1.92 bits per heavy atom. The molecule has 0 atom stereocenters. The van der Waals surface area contributed by atoms with Gasteiger partial charge >= 0.3 is 0 Å². The van der Waals surface area contributed by atoms with Crippen LogP contribution in [0.3, 0.4) is 0 Å². The van der Waals surface area contributed by atoms with E-state index in [0.29, 0.717) is 30.1 Å². The first-order chi connectivity index (χ1) is 12.3. The van der Waals surface area contributed by atoms with Gasteiger partial charge in [-0.25, -0.2) is 0 Å². The number of allylic oxidation sites excluding steroid dienone is 1. The average molecular weight is 338 g/mol. The highest BCUT2D eigenvalue weighted by atomic mass is 16.7. The Labute approximate surface area is 148 Å². The van der Waals surface area contributed by atoms with Crippen molar-refractivity contribution in [3.05, 3.63) is 65.9 Å². The van der Waals surface area contributed by atoms with Crippen LogP contribution in [0.5, 0.6) is 11.5 Å². The Kier molecular flexibility index (Phi) is 7.36. The molecule has 0 saturated carbocycles. The second-order valence-electron chi connectivity index (χ2n) is 5.23. The summed E-state index contributed by atoms with van der Waals surface area (Å²) >= 11 is 0. The largest absolute Gasteiger partial charge is 0.490 e. The van der Waals surface area contributed by atoms with E-state index in [1.54, 1.807) is 13.3 Å². The van der Waals surface area contributed by atoms with E-state index in [9.17, 15) is 5.26 Å². The van der Waals surface area contributed by atoms with Crippen molar-refractivity contribution in [2.45, 2.75) is 13.3 Å². The van der Waals surface area contributed by atoms with E-state index in [2.05, 4.69) is 11.4 Å². The van der Waals surface area contributed by atoms with Gasteiger partial charge in [0, 0.05) is 31.0 Å². The summed E-state index contributed by atoms with van der Waals surface area (Å²) < 4.78 is 16.0. The van der Waals surface area contributed by atoms with Crippen LogP contribution >= 0.6 is 0 Å². The smallest absolute Gasteiger partial charge is 0.188 e. The van der Waals surface area contributed by atoms with E-state index in [0.717, 1.165) is 11.3 Å². The van der Waals surface area contributed by atoms with Crippen LogP contribution in [0.25, 0.3) is 0 Å². The highest BCUT2D eigenvalue weighted by molar-refractivity contribution is 5.48. The van der Waals surface area contributed by atoms with Gasteiger partial charge in [0.1, 0.15) is 0 Å².